The summed E-state index contributed by atoms with van der Waals surface area (Å²) >= 11 is 0. The van der Waals surface area contributed by atoms with Gasteiger partial charge in [-0.2, -0.15) is 0 Å². The number of nitrogens with one attached hydrogen (secondary N) is 1. The Morgan fingerprint density at radius 1 is 0.941 bits per heavy atom. The van der Waals surface area contributed by atoms with E-state index in [1.54, 1.807) is 32.1 Å². The molecule has 17 heavy (non-hydrogen) atoms. The van der Waals surface area contributed by atoms with Gasteiger partial charge in [-0.15, -0.1) is 0 Å². The minimum atomic E-state index is 0.561. The van der Waals surface area contributed by atoms with Crippen molar-refractivity contribution in [1.82, 2.24) is 5.32 Å². The molecule has 0 aromatic heterocycles. The van der Waals surface area contributed by atoms with Crippen molar-refractivity contribution in [2.45, 2.75) is 52.4 Å². The molecule has 4 rings (SSSR count). The van der Waals surface area contributed by atoms with E-state index in [-0.39, 0.29) is 0 Å². The van der Waals surface area contributed by atoms with Crippen LogP contribution in [0.15, 0.2) is 0 Å². The van der Waals surface area contributed by atoms with Crippen LogP contribution in [0.4, 0.5) is 0 Å². The van der Waals surface area contributed by atoms with Crippen LogP contribution in [0.3, 0.4) is 0 Å². The van der Waals surface area contributed by atoms with Crippen molar-refractivity contribution in [3.8, 4) is 0 Å². The van der Waals surface area contributed by atoms with Crippen LogP contribution >= 0.6 is 0 Å². The quantitative estimate of drug-likeness (QED) is 0.783. The lowest BCUT2D eigenvalue weighted by Gasteiger charge is -2.59. The molecule has 4 aliphatic rings. The van der Waals surface area contributed by atoms with Gasteiger partial charge in [0.05, 0.1) is 0 Å². The van der Waals surface area contributed by atoms with Crippen molar-refractivity contribution in [3.05, 3.63) is 0 Å². The first-order valence-electron chi connectivity index (χ1n) is 7.74. The van der Waals surface area contributed by atoms with Crippen LogP contribution in [0.1, 0.15) is 52.4 Å². The molecule has 4 saturated carbocycles. The smallest absolute Gasteiger partial charge is 0.00467 e. The second kappa shape index (κ2) is 4.26. The predicted molar refractivity (Wildman–Crippen MR) is 72.9 cm³/mol. The van der Waals surface area contributed by atoms with E-state index in [1.807, 2.05) is 0 Å². The Morgan fingerprint density at radius 2 is 1.47 bits per heavy atom. The summed E-state index contributed by atoms with van der Waals surface area (Å²) in [6, 6.07) is 0. The molecule has 4 bridgehead atoms. The normalized spacial score (nSPS) is 44.3. The maximum atomic E-state index is 3.35. The van der Waals surface area contributed by atoms with Gasteiger partial charge in [-0.3, -0.25) is 0 Å². The molecule has 0 atom stereocenters. The van der Waals surface area contributed by atoms with Crippen LogP contribution in [-0.4, -0.2) is 13.6 Å². The Hall–Kier alpha value is -0.0400. The van der Waals surface area contributed by atoms with Crippen molar-refractivity contribution in [1.29, 1.82) is 0 Å². The van der Waals surface area contributed by atoms with E-state index >= 15 is 0 Å². The van der Waals surface area contributed by atoms with Gasteiger partial charge < -0.3 is 5.32 Å². The molecule has 1 nitrogen and oxygen atoms in total. The summed E-state index contributed by atoms with van der Waals surface area (Å²) in [6.07, 6.45) is 9.22. The molecular weight excluding hydrogens is 206 g/mol. The molecule has 0 aromatic rings. The van der Waals surface area contributed by atoms with Crippen LogP contribution in [0.5, 0.6) is 0 Å². The monoisotopic (exact) mass is 235 g/mol. The molecule has 0 heterocycles. The van der Waals surface area contributed by atoms with E-state index in [9.17, 15) is 0 Å². The first kappa shape index (κ1) is 12.0. The lowest BCUT2D eigenvalue weighted by molar-refractivity contribution is -0.0883. The second-order valence-corrected chi connectivity index (χ2v) is 7.80. The Balaban J connectivity index is 1.74. The van der Waals surface area contributed by atoms with E-state index in [0.717, 1.165) is 29.6 Å². The average Bonchev–Trinajstić information content (AvgIpc) is 2.24. The van der Waals surface area contributed by atoms with E-state index in [1.165, 1.54) is 13.0 Å². The number of hydrogen-bond acceptors (Lipinski definition) is 1. The van der Waals surface area contributed by atoms with Crippen molar-refractivity contribution >= 4 is 0 Å². The zero-order chi connectivity index (χ0) is 12.0. The van der Waals surface area contributed by atoms with E-state index in [2.05, 4.69) is 26.2 Å². The lowest BCUT2D eigenvalue weighted by Crippen LogP contribution is -2.50. The van der Waals surface area contributed by atoms with E-state index < -0.39 is 0 Å². The fraction of sp³-hybridized carbons (Fsp3) is 1.00. The van der Waals surface area contributed by atoms with Gasteiger partial charge in [0.2, 0.25) is 0 Å². The maximum Gasteiger partial charge on any atom is -0.00467 e. The molecule has 0 unspecified atom stereocenters. The zero-order valence-corrected chi connectivity index (χ0v) is 11.8. The van der Waals surface area contributed by atoms with Crippen LogP contribution in [0.25, 0.3) is 0 Å². The highest BCUT2D eigenvalue weighted by atomic mass is 14.8. The molecule has 1 N–H and O–H groups in total. The molecule has 0 spiro atoms. The summed E-state index contributed by atoms with van der Waals surface area (Å²) in [7, 11) is 2.09. The first-order valence-corrected chi connectivity index (χ1v) is 7.74. The van der Waals surface area contributed by atoms with Gasteiger partial charge in [0, 0.05) is 0 Å². The highest BCUT2D eigenvalue weighted by Gasteiger charge is 2.52. The highest BCUT2D eigenvalue weighted by Crippen LogP contribution is 2.61. The molecular formula is C16H29N. The Kier molecular flexibility index (Phi) is 3.01. The third-order valence-corrected chi connectivity index (χ3v) is 6.15. The third kappa shape index (κ3) is 2.05. The van der Waals surface area contributed by atoms with Crippen molar-refractivity contribution < 1.29 is 0 Å². The zero-order valence-electron chi connectivity index (χ0n) is 11.8. The topological polar surface area (TPSA) is 12.0 Å². The van der Waals surface area contributed by atoms with Crippen molar-refractivity contribution in [2.75, 3.05) is 13.6 Å². The standard InChI is InChI=1S/C16H29N/c1-16(2,4-5-17-3)15-13-7-11-6-12(9-13)10-14(15)8-11/h11-15,17H,4-10H2,1-3H3. The molecule has 0 amide bonds. The van der Waals surface area contributed by atoms with Gasteiger partial charge in [-0.1, -0.05) is 13.8 Å². The minimum Gasteiger partial charge on any atom is -0.320 e. The van der Waals surface area contributed by atoms with Crippen LogP contribution in [0.2, 0.25) is 0 Å². The number of rotatable bonds is 4. The fourth-order valence-corrected chi connectivity index (χ4v) is 5.82. The molecule has 0 radical (unpaired) electrons. The molecule has 4 fully saturated rings. The Morgan fingerprint density at radius 3 is 1.94 bits per heavy atom. The van der Waals surface area contributed by atoms with Gasteiger partial charge in [-0.25, -0.2) is 0 Å². The Labute approximate surface area is 107 Å². The third-order valence-electron chi connectivity index (χ3n) is 6.15. The van der Waals surface area contributed by atoms with Crippen molar-refractivity contribution in [3.63, 3.8) is 0 Å². The second-order valence-electron chi connectivity index (χ2n) is 7.80. The minimum absolute atomic E-state index is 0.561. The largest absolute Gasteiger partial charge is 0.320 e. The molecule has 98 valence electrons. The SMILES string of the molecule is CNCCC(C)(C)C1C2CC3CC(C2)CC1C3. The maximum absolute atomic E-state index is 3.35. The average molecular weight is 235 g/mol. The van der Waals surface area contributed by atoms with E-state index in [4.69, 9.17) is 0 Å². The van der Waals surface area contributed by atoms with Gasteiger partial charge in [0.1, 0.15) is 0 Å². The molecule has 4 aliphatic carbocycles. The first-order chi connectivity index (χ1) is 8.10. The Bertz CT molecular complexity index is 253. The summed E-state index contributed by atoms with van der Waals surface area (Å²) < 4.78 is 0. The van der Waals surface area contributed by atoms with Crippen LogP contribution in [-0.2, 0) is 0 Å². The summed E-state index contributed by atoms with van der Waals surface area (Å²) in [5.74, 6) is 5.43. The molecule has 0 aromatic carbocycles. The molecule has 1 heteroatoms. The van der Waals surface area contributed by atoms with Crippen LogP contribution < -0.4 is 5.32 Å². The lowest BCUT2D eigenvalue weighted by atomic mass is 9.47. The summed E-state index contributed by atoms with van der Waals surface area (Å²) in [5.41, 5.74) is 0.561. The van der Waals surface area contributed by atoms with E-state index in [0.29, 0.717) is 5.41 Å². The molecule has 0 saturated heterocycles. The summed E-state index contributed by atoms with van der Waals surface area (Å²) in [5, 5.41) is 3.35. The highest BCUT2D eigenvalue weighted by molar-refractivity contribution is 5.02. The van der Waals surface area contributed by atoms with Crippen LogP contribution in [0, 0.1) is 35.0 Å². The predicted octanol–water partition coefficient (Wildman–Crippen LogP) is 3.69. The summed E-state index contributed by atoms with van der Waals surface area (Å²) in [6.45, 7) is 6.27. The van der Waals surface area contributed by atoms with Gasteiger partial charge in [-0.05, 0) is 87.1 Å². The number of hydrogen-bond donors (Lipinski definition) is 1. The van der Waals surface area contributed by atoms with Gasteiger partial charge in [0.25, 0.3) is 0 Å². The van der Waals surface area contributed by atoms with Gasteiger partial charge in [0.15, 0.2) is 0 Å². The summed E-state index contributed by atoms with van der Waals surface area (Å²) in [4.78, 5) is 0. The van der Waals surface area contributed by atoms with Crippen molar-refractivity contribution in [2.24, 2.45) is 35.0 Å². The fourth-order valence-electron chi connectivity index (χ4n) is 5.82. The van der Waals surface area contributed by atoms with Gasteiger partial charge >= 0.3 is 0 Å². The molecule has 0 aliphatic heterocycles.